The SMILES string of the molecule is O=C(O)Cc1ncc(OC(F)(F)F)c(I)c1C(F)(F)F. The second-order valence-electron chi connectivity index (χ2n) is 3.37. The number of carbonyl (C=O) groups is 1. The number of alkyl halides is 6. The molecule has 112 valence electrons. The van der Waals surface area contributed by atoms with E-state index in [0.29, 0.717) is 6.20 Å². The zero-order valence-electron chi connectivity index (χ0n) is 9.14. The highest BCUT2D eigenvalue weighted by Gasteiger charge is 2.40. The molecular formula is C9H4F6INO3. The number of halogens is 7. The van der Waals surface area contributed by atoms with Crippen LogP contribution in [0.1, 0.15) is 11.3 Å². The summed E-state index contributed by atoms with van der Waals surface area (Å²) in [7, 11) is 0. The van der Waals surface area contributed by atoms with Crippen LogP contribution in [0.3, 0.4) is 0 Å². The molecule has 0 fully saturated rings. The van der Waals surface area contributed by atoms with Crippen molar-refractivity contribution in [3.63, 3.8) is 0 Å². The third kappa shape index (κ3) is 4.38. The quantitative estimate of drug-likeness (QED) is 0.609. The van der Waals surface area contributed by atoms with Gasteiger partial charge in [0, 0.05) is 0 Å². The number of aromatic nitrogens is 1. The van der Waals surface area contributed by atoms with Crippen LogP contribution >= 0.6 is 22.6 Å². The zero-order valence-corrected chi connectivity index (χ0v) is 11.3. The second kappa shape index (κ2) is 5.61. The second-order valence-corrected chi connectivity index (χ2v) is 4.45. The summed E-state index contributed by atoms with van der Waals surface area (Å²) in [5.41, 5.74) is -2.44. The van der Waals surface area contributed by atoms with Crippen LogP contribution in [0.4, 0.5) is 26.3 Å². The van der Waals surface area contributed by atoms with E-state index < -0.39 is 45.5 Å². The molecule has 20 heavy (non-hydrogen) atoms. The van der Waals surface area contributed by atoms with Crippen molar-refractivity contribution in [3.8, 4) is 5.75 Å². The number of nitrogens with zero attached hydrogens (tertiary/aromatic N) is 1. The topological polar surface area (TPSA) is 59.4 Å². The normalized spacial score (nSPS) is 12.3. The summed E-state index contributed by atoms with van der Waals surface area (Å²) in [6.45, 7) is 0. The van der Waals surface area contributed by atoms with E-state index in [1.807, 2.05) is 0 Å². The van der Waals surface area contributed by atoms with Crippen molar-refractivity contribution in [1.82, 2.24) is 4.98 Å². The standard InChI is InChI=1S/C9H4F6INO3/c10-8(11,12)6-3(1-5(18)19)17-2-4(7(6)16)20-9(13,14)15/h2H,1H2,(H,18,19). The molecule has 0 aliphatic carbocycles. The van der Waals surface area contributed by atoms with Gasteiger partial charge in [-0.25, -0.2) is 0 Å². The Balaban J connectivity index is 3.39. The lowest BCUT2D eigenvalue weighted by Crippen LogP contribution is -2.21. The van der Waals surface area contributed by atoms with Crippen LogP contribution < -0.4 is 4.74 Å². The number of pyridine rings is 1. The van der Waals surface area contributed by atoms with Crippen molar-refractivity contribution < 1.29 is 41.0 Å². The Morgan fingerprint density at radius 1 is 1.30 bits per heavy atom. The zero-order chi connectivity index (χ0) is 15.7. The third-order valence-corrected chi connectivity index (χ3v) is 2.96. The van der Waals surface area contributed by atoms with Gasteiger partial charge in [0.2, 0.25) is 0 Å². The lowest BCUT2D eigenvalue weighted by atomic mass is 10.1. The number of hydrogen-bond donors (Lipinski definition) is 1. The molecule has 1 rings (SSSR count). The molecule has 0 atom stereocenters. The molecule has 0 amide bonds. The van der Waals surface area contributed by atoms with Gasteiger partial charge in [-0.15, -0.1) is 13.2 Å². The van der Waals surface area contributed by atoms with Gasteiger partial charge in [-0.05, 0) is 22.6 Å². The maximum absolute atomic E-state index is 12.8. The van der Waals surface area contributed by atoms with Gasteiger partial charge in [0.1, 0.15) is 0 Å². The predicted octanol–water partition coefficient (Wildman–Crippen LogP) is 3.23. The molecule has 0 unspecified atom stereocenters. The Bertz CT molecular complexity index is 528. The minimum absolute atomic E-state index is 0.406. The molecule has 1 aromatic heterocycles. The van der Waals surface area contributed by atoms with E-state index in [2.05, 4.69) is 9.72 Å². The third-order valence-electron chi connectivity index (χ3n) is 1.89. The van der Waals surface area contributed by atoms with E-state index in [0.717, 1.165) is 22.6 Å². The molecular weight excluding hydrogens is 411 g/mol. The van der Waals surface area contributed by atoms with Gasteiger partial charge >= 0.3 is 18.5 Å². The van der Waals surface area contributed by atoms with Crippen LogP contribution in [0.5, 0.6) is 5.75 Å². The molecule has 1 heterocycles. The lowest BCUT2D eigenvalue weighted by molar-refractivity contribution is -0.275. The Labute approximate surface area is 120 Å². The predicted molar refractivity (Wildman–Crippen MR) is 60.0 cm³/mol. The molecule has 0 radical (unpaired) electrons. The van der Waals surface area contributed by atoms with Crippen molar-refractivity contribution in [2.45, 2.75) is 19.0 Å². The van der Waals surface area contributed by atoms with Crippen molar-refractivity contribution >= 4 is 28.6 Å². The average molecular weight is 415 g/mol. The summed E-state index contributed by atoms with van der Waals surface area (Å²) < 4.78 is 77.0. The van der Waals surface area contributed by atoms with Gasteiger partial charge in [0.25, 0.3) is 0 Å². The van der Waals surface area contributed by atoms with Crippen LogP contribution in [0.15, 0.2) is 6.20 Å². The van der Waals surface area contributed by atoms with Crippen molar-refractivity contribution in [2.24, 2.45) is 0 Å². The van der Waals surface area contributed by atoms with E-state index in [4.69, 9.17) is 5.11 Å². The molecule has 1 N–H and O–H groups in total. The molecule has 0 aromatic carbocycles. The molecule has 4 nitrogen and oxygen atoms in total. The van der Waals surface area contributed by atoms with E-state index in [1.54, 1.807) is 0 Å². The number of carboxylic acids is 1. The van der Waals surface area contributed by atoms with E-state index >= 15 is 0 Å². The van der Waals surface area contributed by atoms with Crippen LogP contribution in [0.2, 0.25) is 0 Å². The fraction of sp³-hybridized carbons (Fsp3) is 0.333. The summed E-state index contributed by atoms with van der Waals surface area (Å²) in [5, 5.41) is 8.48. The molecule has 0 saturated heterocycles. The summed E-state index contributed by atoms with van der Waals surface area (Å²) in [5.74, 6) is -2.73. The van der Waals surface area contributed by atoms with Crippen molar-refractivity contribution in [3.05, 3.63) is 21.0 Å². The molecule has 1 aromatic rings. The van der Waals surface area contributed by atoms with Gasteiger partial charge in [0.05, 0.1) is 27.4 Å². The summed E-state index contributed by atoms with van der Waals surface area (Å²) in [6.07, 6.45) is -10.9. The summed E-state index contributed by atoms with van der Waals surface area (Å²) in [4.78, 5) is 13.6. The largest absolute Gasteiger partial charge is 0.573 e. The average Bonchev–Trinajstić information content (AvgIpc) is 2.17. The van der Waals surface area contributed by atoms with Gasteiger partial charge in [-0.3, -0.25) is 9.78 Å². The van der Waals surface area contributed by atoms with E-state index in [-0.39, 0.29) is 0 Å². The molecule has 11 heteroatoms. The van der Waals surface area contributed by atoms with Gasteiger partial charge in [-0.2, -0.15) is 13.2 Å². The van der Waals surface area contributed by atoms with E-state index in [1.165, 1.54) is 0 Å². The lowest BCUT2D eigenvalue weighted by Gasteiger charge is -2.17. The van der Waals surface area contributed by atoms with Crippen LogP contribution in [-0.4, -0.2) is 22.4 Å². The minimum Gasteiger partial charge on any atom is -0.481 e. The minimum atomic E-state index is -5.18. The number of hydrogen-bond acceptors (Lipinski definition) is 3. The molecule has 0 saturated carbocycles. The molecule has 0 aliphatic rings. The Kier molecular flexibility index (Phi) is 4.71. The highest BCUT2D eigenvalue weighted by Crippen LogP contribution is 2.39. The molecule has 0 bridgehead atoms. The van der Waals surface area contributed by atoms with Gasteiger partial charge in [-0.1, -0.05) is 0 Å². The maximum atomic E-state index is 12.8. The maximum Gasteiger partial charge on any atom is 0.573 e. The number of rotatable bonds is 3. The van der Waals surface area contributed by atoms with E-state index in [9.17, 15) is 31.1 Å². The summed E-state index contributed by atoms with van der Waals surface area (Å²) >= 11 is 1.00. The highest BCUT2D eigenvalue weighted by molar-refractivity contribution is 14.1. The first kappa shape index (κ1) is 16.8. The number of ether oxygens (including phenoxy) is 1. The van der Waals surface area contributed by atoms with Gasteiger partial charge in [0.15, 0.2) is 5.75 Å². The molecule has 0 spiro atoms. The number of carboxylic acid groups (broad SMARTS) is 1. The van der Waals surface area contributed by atoms with Crippen molar-refractivity contribution in [2.75, 3.05) is 0 Å². The smallest absolute Gasteiger partial charge is 0.481 e. The Morgan fingerprint density at radius 2 is 1.85 bits per heavy atom. The first-order valence-corrected chi connectivity index (χ1v) is 5.72. The van der Waals surface area contributed by atoms with Crippen LogP contribution in [0, 0.1) is 3.57 Å². The fourth-order valence-electron chi connectivity index (χ4n) is 1.27. The summed E-state index contributed by atoms with van der Waals surface area (Å²) in [6, 6.07) is 0. The monoisotopic (exact) mass is 415 g/mol. The first-order valence-electron chi connectivity index (χ1n) is 4.64. The molecule has 0 aliphatic heterocycles. The van der Waals surface area contributed by atoms with Crippen LogP contribution in [0.25, 0.3) is 0 Å². The fourth-order valence-corrected chi connectivity index (χ4v) is 2.14. The Hall–Kier alpha value is -1.27. The van der Waals surface area contributed by atoms with Crippen LogP contribution in [-0.2, 0) is 17.4 Å². The number of aliphatic carboxylic acids is 1. The Morgan fingerprint density at radius 3 is 2.25 bits per heavy atom. The van der Waals surface area contributed by atoms with Gasteiger partial charge < -0.3 is 9.84 Å². The van der Waals surface area contributed by atoms with Crippen molar-refractivity contribution in [1.29, 1.82) is 0 Å². The first-order chi connectivity index (χ1) is 8.92. The highest BCUT2D eigenvalue weighted by atomic mass is 127.